The Bertz CT molecular complexity index is 930. The third-order valence-electron chi connectivity index (χ3n) is 4.82. The highest BCUT2D eigenvalue weighted by Crippen LogP contribution is 2.33. The highest BCUT2D eigenvalue weighted by atomic mass is 16.5. The van der Waals surface area contributed by atoms with Crippen molar-refractivity contribution in [3.05, 3.63) is 71.7 Å². The molecule has 0 unspecified atom stereocenters. The van der Waals surface area contributed by atoms with Crippen LogP contribution in [0.4, 0.5) is 0 Å². The number of nitrogens with zero attached hydrogens (tertiary/aromatic N) is 5. The van der Waals surface area contributed by atoms with Crippen LogP contribution in [0.1, 0.15) is 41.7 Å². The van der Waals surface area contributed by atoms with Crippen molar-refractivity contribution in [2.45, 2.75) is 39.3 Å². The molecular weight excluding hydrogens is 338 g/mol. The van der Waals surface area contributed by atoms with Gasteiger partial charge in [0.2, 0.25) is 5.88 Å². The van der Waals surface area contributed by atoms with Gasteiger partial charge in [0, 0.05) is 18.4 Å². The molecule has 4 heterocycles. The van der Waals surface area contributed by atoms with Crippen LogP contribution in [-0.2, 0) is 6.54 Å². The molecule has 3 aromatic heterocycles. The van der Waals surface area contributed by atoms with Crippen LogP contribution in [0.25, 0.3) is 0 Å². The van der Waals surface area contributed by atoms with E-state index in [-0.39, 0.29) is 6.04 Å². The lowest BCUT2D eigenvalue weighted by Crippen LogP contribution is -2.24. The lowest BCUT2D eigenvalue weighted by molar-refractivity contribution is 0.240. The molecule has 6 heteroatoms. The zero-order valence-corrected chi connectivity index (χ0v) is 15.7. The number of pyridine rings is 2. The van der Waals surface area contributed by atoms with Gasteiger partial charge in [-0.05, 0) is 57.5 Å². The summed E-state index contributed by atoms with van der Waals surface area (Å²) in [4.78, 5) is 20.4. The highest BCUT2D eigenvalue weighted by Gasteiger charge is 2.28. The Labute approximate surface area is 159 Å². The van der Waals surface area contributed by atoms with Crippen LogP contribution < -0.4 is 4.74 Å². The van der Waals surface area contributed by atoms with E-state index in [4.69, 9.17) is 9.72 Å². The normalized spacial score (nSPS) is 17.2. The number of likely N-dealkylation sites (tertiary alicyclic amines) is 1. The maximum Gasteiger partial charge on any atom is 0.238 e. The average molecular weight is 361 g/mol. The van der Waals surface area contributed by atoms with Gasteiger partial charge in [0.25, 0.3) is 0 Å². The van der Waals surface area contributed by atoms with E-state index < -0.39 is 0 Å². The molecule has 6 nitrogen and oxygen atoms in total. The maximum absolute atomic E-state index is 5.91. The second-order valence-electron chi connectivity index (χ2n) is 6.87. The molecule has 3 aromatic rings. The largest absolute Gasteiger partial charge is 0.436 e. The number of aromatic nitrogens is 4. The van der Waals surface area contributed by atoms with Crippen LogP contribution in [0.2, 0.25) is 0 Å². The first-order chi connectivity index (χ1) is 13.2. The van der Waals surface area contributed by atoms with Gasteiger partial charge in [-0.2, -0.15) is 0 Å². The third kappa shape index (κ3) is 4.11. The summed E-state index contributed by atoms with van der Waals surface area (Å²) in [6.45, 7) is 5.80. The Morgan fingerprint density at radius 3 is 2.89 bits per heavy atom. The second-order valence-corrected chi connectivity index (χ2v) is 6.87. The molecule has 4 rings (SSSR count). The Morgan fingerprint density at radius 2 is 2.04 bits per heavy atom. The maximum atomic E-state index is 5.91. The van der Waals surface area contributed by atoms with Crippen molar-refractivity contribution in [1.29, 1.82) is 0 Å². The van der Waals surface area contributed by atoms with Crippen molar-refractivity contribution in [3.8, 4) is 11.6 Å². The van der Waals surface area contributed by atoms with Gasteiger partial charge in [-0.3, -0.25) is 19.9 Å². The summed E-state index contributed by atoms with van der Waals surface area (Å²) in [5, 5.41) is 0. The fraction of sp³-hybridized carbons (Fsp3) is 0.333. The van der Waals surface area contributed by atoms with Gasteiger partial charge in [-0.15, -0.1) is 0 Å². The summed E-state index contributed by atoms with van der Waals surface area (Å²) in [7, 11) is 0. The van der Waals surface area contributed by atoms with Gasteiger partial charge in [0.15, 0.2) is 5.75 Å². The van der Waals surface area contributed by atoms with Crippen LogP contribution in [0.3, 0.4) is 0 Å². The molecule has 1 aliphatic heterocycles. The van der Waals surface area contributed by atoms with E-state index in [1.165, 1.54) is 0 Å². The molecule has 0 saturated carbocycles. The Kier molecular flexibility index (Phi) is 5.07. The summed E-state index contributed by atoms with van der Waals surface area (Å²) in [6, 6.07) is 10.2. The number of hydrogen-bond donors (Lipinski definition) is 0. The molecule has 0 radical (unpaired) electrons. The van der Waals surface area contributed by atoms with Crippen LogP contribution in [-0.4, -0.2) is 31.4 Å². The smallest absolute Gasteiger partial charge is 0.238 e. The summed E-state index contributed by atoms with van der Waals surface area (Å²) in [5.41, 5.74) is 3.91. The molecule has 1 fully saturated rings. The summed E-state index contributed by atoms with van der Waals surface area (Å²) in [5.74, 6) is 1.21. The van der Waals surface area contributed by atoms with E-state index in [9.17, 15) is 0 Å². The molecule has 0 aromatic carbocycles. The predicted octanol–water partition coefficient (Wildman–Crippen LogP) is 4.01. The lowest BCUT2D eigenvalue weighted by atomic mass is 10.1. The van der Waals surface area contributed by atoms with E-state index in [2.05, 4.69) is 32.0 Å². The van der Waals surface area contributed by atoms with Crippen LogP contribution >= 0.6 is 0 Å². The summed E-state index contributed by atoms with van der Waals surface area (Å²) in [6.07, 6.45) is 7.45. The molecule has 0 aliphatic carbocycles. The standard InChI is InChI=1S/C21H23N5O/c1-15-6-3-7-17(24-15)14-26-11-5-8-19(26)18-12-22-13-21(25-18)27-20-9-4-10-23-16(20)2/h3-4,6-7,9-10,12-13,19H,5,8,11,14H2,1-2H3/t19-/m0/s1. The lowest BCUT2D eigenvalue weighted by Gasteiger charge is -2.23. The van der Waals surface area contributed by atoms with E-state index in [1.54, 1.807) is 12.4 Å². The third-order valence-corrected chi connectivity index (χ3v) is 4.82. The average Bonchev–Trinajstić information content (AvgIpc) is 3.12. The molecule has 27 heavy (non-hydrogen) atoms. The van der Waals surface area contributed by atoms with E-state index in [0.29, 0.717) is 11.6 Å². The Balaban J connectivity index is 1.53. The number of aryl methyl sites for hydroxylation is 2. The zero-order chi connectivity index (χ0) is 18.6. The van der Waals surface area contributed by atoms with Crippen LogP contribution in [0, 0.1) is 13.8 Å². The van der Waals surface area contributed by atoms with Crippen molar-refractivity contribution in [2.24, 2.45) is 0 Å². The topological polar surface area (TPSA) is 64.0 Å². The van der Waals surface area contributed by atoms with Crippen molar-refractivity contribution >= 4 is 0 Å². The molecule has 0 spiro atoms. The molecule has 0 bridgehead atoms. The minimum Gasteiger partial charge on any atom is -0.436 e. The van der Waals surface area contributed by atoms with Gasteiger partial charge >= 0.3 is 0 Å². The van der Waals surface area contributed by atoms with Gasteiger partial charge in [0.1, 0.15) is 0 Å². The fourth-order valence-corrected chi connectivity index (χ4v) is 3.51. The molecule has 1 aliphatic rings. The first-order valence-corrected chi connectivity index (χ1v) is 9.27. The molecule has 1 atom stereocenters. The molecule has 0 N–H and O–H groups in total. The monoisotopic (exact) mass is 361 g/mol. The van der Waals surface area contributed by atoms with Crippen molar-refractivity contribution in [3.63, 3.8) is 0 Å². The van der Waals surface area contributed by atoms with Gasteiger partial charge in [-0.1, -0.05) is 6.07 Å². The molecular formula is C21H23N5O. The van der Waals surface area contributed by atoms with Crippen molar-refractivity contribution < 1.29 is 4.74 Å². The van der Waals surface area contributed by atoms with Crippen molar-refractivity contribution in [1.82, 2.24) is 24.8 Å². The van der Waals surface area contributed by atoms with E-state index >= 15 is 0 Å². The second kappa shape index (κ2) is 7.80. The summed E-state index contributed by atoms with van der Waals surface area (Å²) < 4.78 is 5.91. The van der Waals surface area contributed by atoms with E-state index in [0.717, 1.165) is 48.7 Å². The highest BCUT2D eigenvalue weighted by molar-refractivity contribution is 5.29. The summed E-state index contributed by atoms with van der Waals surface area (Å²) >= 11 is 0. The predicted molar refractivity (Wildman–Crippen MR) is 102 cm³/mol. The first-order valence-electron chi connectivity index (χ1n) is 9.27. The van der Waals surface area contributed by atoms with E-state index in [1.807, 2.05) is 38.2 Å². The van der Waals surface area contributed by atoms with Gasteiger partial charge in [0.05, 0.1) is 35.5 Å². The number of ether oxygens (including phenoxy) is 1. The number of rotatable bonds is 5. The molecule has 0 amide bonds. The Hall–Kier alpha value is -2.86. The van der Waals surface area contributed by atoms with Gasteiger partial charge < -0.3 is 4.74 Å². The minimum absolute atomic E-state index is 0.235. The zero-order valence-electron chi connectivity index (χ0n) is 15.7. The van der Waals surface area contributed by atoms with Crippen LogP contribution in [0.15, 0.2) is 48.9 Å². The van der Waals surface area contributed by atoms with Crippen LogP contribution in [0.5, 0.6) is 11.6 Å². The Morgan fingerprint density at radius 1 is 1.11 bits per heavy atom. The van der Waals surface area contributed by atoms with Crippen molar-refractivity contribution in [2.75, 3.05) is 6.54 Å². The molecule has 1 saturated heterocycles. The quantitative estimate of drug-likeness (QED) is 0.684. The van der Waals surface area contributed by atoms with Gasteiger partial charge in [-0.25, -0.2) is 4.98 Å². The SMILES string of the molecule is Cc1cccc(CN2CCC[C@H]2c2cncc(Oc3cccnc3C)n2)n1. The number of hydrogen-bond acceptors (Lipinski definition) is 6. The fourth-order valence-electron chi connectivity index (χ4n) is 3.51. The minimum atomic E-state index is 0.235. The first kappa shape index (κ1) is 17.5. The molecule has 138 valence electrons.